The molecule has 0 aromatic heterocycles. The number of carbonyl (C=O) groups is 2. The van der Waals surface area contributed by atoms with Crippen LogP contribution in [-0.4, -0.2) is 95.6 Å². The first kappa shape index (κ1) is 24.8. The summed E-state index contributed by atoms with van der Waals surface area (Å²) in [6, 6.07) is 6.84. The van der Waals surface area contributed by atoms with Gasteiger partial charge in [0.1, 0.15) is 0 Å². The number of nitrogens with zero attached hydrogens (tertiary/aromatic N) is 1. The topological polar surface area (TPSA) is 92.8 Å². The van der Waals surface area contributed by atoms with E-state index in [1.54, 1.807) is 24.3 Å². The summed E-state index contributed by atoms with van der Waals surface area (Å²) < 4.78 is 32.9. The van der Waals surface area contributed by atoms with Crippen molar-refractivity contribution in [3.63, 3.8) is 0 Å². The molecule has 2 amide bonds. The number of fused-ring (bicyclic) bond motifs is 1. The second kappa shape index (κ2) is 14.3. The first-order chi connectivity index (χ1) is 15.8. The lowest BCUT2D eigenvalue weighted by atomic mass is 10.1. The molecule has 1 atom stereocenters. The molecule has 32 heavy (non-hydrogen) atoms. The average molecular weight is 452 g/mol. The molecule has 2 aliphatic rings. The van der Waals surface area contributed by atoms with Crippen molar-refractivity contribution in [3.8, 4) is 0 Å². The quantitative estimate of drug-likeness (QED) is 0.278. The van der Waals surface area contributed by atoms with Gasteiger partial charge >= 0.3 is 0 Å². The van der Waals surface area contributed by atoms with Gasteiger partial charge in [0, 0.05) is 6.61 Å². The highest BCUT2D eigenvalue weighted by molar-refractivity contribution is 6.21. The Balaban J connectivity index is 1.07. The number of amides is 2. The largest absolute Gasteiger partial charge is 0.377 e. The van der Waals surface area contributed by atoms with Crippen LogP contribution in [0, 0.1) is 0 Å². The summed E-state index contributed by atoms with van der Waals surface area (Å²) in [5, 5.41) is 0. The normalized spacial score (nSPS) is 18.4. The number of hydrogen-bond acceptors (Lipinski definition) is 8. The van der Waals surface area contributed by atoms with Crippen LogP contribution in [0.3, 0.4) is 0 Å². The van der Waals surface area contributed by atoms with Gasteiger partial charge in [0.05, 0.1) is 77.1 Å². The fourth-order valence-corrected chi connectivity index (χ4v) is 3.44. The number of imide groups is 1. The maximum Gasteiger partial charge on any atom is 0.261 e. The molecular formula is C23H33NO8. The van der Waals surface area contributed by atoms with Crippen LogP contribution in [-0.2, 0) is 28.4 Å². The molecule has 3 rings (SSSR count). The van der Waals surface area contributed by atoms with Gasteiger partial charge in [0.15, 0.2) is 6.29 Å². The second-order valence-corrected chi connectivity index (χ2v) is 7.42. The van der Waals surface area contributed by atoms with Crippen LogP contribution in [0.2, 0.25) is 0 Å². The van der Waals surface area contributed by atoms with E-state index in [1.807, 2.05) is 0 Å². The molecule has 2 heterocycles. The van der Waals surface area contributed by atoms with Crippen LogP contribution in [0.25, 0.3) is 0 Å². The summed E-state index contributed by atoms with van der Waals surface area (Å²) in [4.78, 5) is 25.7. The Morgan fingerprint density at radius 2 is 1.28 bits per heavy atom. The van der Waals surface area contributed by atoms with Gasteiger partial charge in [-0.05, 0) is 31.4 Å². The molecule has 9 nitrogen and oxygen atoms in total. The summed E-state index contributed by atoms with van der Waals surface area (Å²) in [5.74, 6) is -0.533. The minimum absolute atomic E-state index is 0.0768. The van der Waals surface area contributed by atoms with E-state index in [1.165, 1.54) is 4.90 Å². The van der Waals surface area contributed by atoms with Crippen molar-refractivity contribution in [2.75, 3.05) is 72.6 Å². The second-order valence-electron chi connectivity index (χ2n) is 7.42. The lowest BCUT2D eigenvalue weighted by Gasteiger charge is -2.22. The fourth-order valence-electron chi connectivity index (χ4n) is 3.44. The molecule has 9 heteroatoms. The lowest BCUT2D eigenvalue weighted by Crippen LogP contribution is -2.33. The zero-order chi connectivity index (χ0) is 22.4. The summed E-state index contributed by atoms with van der Waals surface area (Å²) in [7, 11) is 0. The van der Waals surface area contributed by atoms with Gasteiger partial charge in [-0.15, -0.1) is 0 Å². The molecule has 1 unspecified atom stereocenters. The van der Waals surface area contributed by atoms with Crippen molar-refractivity contribution in [3.05, 3.63) is 35.4 Å². The van der Waals surface area contributed by atoms with Gasteiger partial charge in [-0.2, -0.15) is 0 Å². The minimum Gasteiger partial charge on any atom is -0.377 e. The van der Waals surface area contributed by atoms with E-state index in [9.17, 15) is 9.59 Å². The van der Waals surface area contributed by atoms with Crippen LogP contribution in [0.1, 0.15) is 40.0 Å². The first-order valence-corrected chi connectivity index (χ1v) is 11.3. The number of carbonyl (C=O) groups excluding carboxylic acids is 2. The van der Waals surface area contributed by atoms with Gasteiger partial charge in [0.25, 0.3) is 11.8 Å². The highest BCUT2D eigenvalue weighted by Crippen LogP contribution is 2.21. The minimum atomic E-state index is -0.266. The monoisotopic (exact) mass is 451 g/mol. The maximum atomic E-state index is 12.2. The zero-order valence-electron chi connectivity index (χ0n) is 18.5. The SMILES string of the molecule is O=C1c2ccccc2C(=O)N1CCOCCOCCOCCOCCOC1CCCCO1. The van der Waals surface area contributed by atoms with Gasteiger partial charge in [0.2, 0.25) is 0 Å². The molecule has 0 spiro atoms. The van der Waals surface area contributed by atoms with E-state index >= 15 is 0 Å². The van der Waals surface area contributed by atoms with Crippen LogP contribution in [0.5, 0.6) is 0 Å². The molecule has 1 aromatic carbocycles. The van der Waals surface area contributed by atoms with Crippen LogP contribution in [0.15, 0.2) is 24.3 Å². The Morgan fingerprint density at radius 1 is 0.750 bits per heavy atom. The highest BCUT2D eigenvalue weighted by Gasteiger charge is 2.34. The molecule has 1 saturated heterocycles. The van der Waals surface area contributed by atoms with E-state index in [2.05, 4.69) is 0 Å². The number of benzene rings is 1. The van der Waals surface area contributed by atoms with E-state index in [0.717, 1.165) is 25.9 Å². The number of hydrogen-bond donors (Lipinski definition) is 0. The molecular weight excluding hydrogens is 418 g/mol. The highest BCUT2D eigenvalue weighted by atomic mass is 16.7. The third-order valence-electron chi connectivity index (χ3n) is 5.12. The van der Waals surface area contributed by atoms with Gasteiger partial charge in [-0.25, -0.2) is 0 Å². The fraction of sp³-hybridized carbons (Fsp3) is 0.652. The Bertz CT molecular complexity index is 672. The first-order valence-electron chi connectivity index (χ1n) is 11.3. The molecule has 0 aliphatic carbocycles. The number of ether oxygens (including phenoxy) is 6. The van der Waals surface area contributed by atoms with Crippen molar-refractivity contribution in [2.24, 2.45) is 0 Å². The predicted octanol–water partition coefficient (Wildman–Crippen LogP) is 1.89. The molecule has 0 radical (unpaired) electrons. The summed E-state index contributed by atoms with van der Waals surface area (Å²) in [6.07, 6.45) is 3.15. The third kappa shape index (κ3) is 7.91. The van der Waals surface area contributed by atoms with Crippen molar-refractivity contribution in [2.45, 2.75) is 25.6 Å². The van der Waals surface area contributed by atoms with Crippen molar-refractivity contribution in [1.82, 2.24) is 4.90 Å². The van der Waals surface area contributed by atoms with Crippen molar-refractivity contribution >= 4 is 11.8 Å². The Hall–Kier alpha value is -1.88. The molecule has 0 N–H and O–H groups in total. The van der Waals surface area contributed by atoms with Gasteiger partial charge < -0.3 is 28.4 Å². The average Bonchev–Trinajstić information content (AvgIpc) is 3.07. The van der Waals surface area contributed by atoms with Crippen LogP contribution in [0.4, 0.5) is 0 Å². The summed E-state index contributed by atoms with van der Waals surface area (Å²) in [6.45, 7) is 5.10. The standard InChI is InChI=1S/C23H33NO8/c25-22-19-5-1-2-6-20(19)23(26)24(22)8-10-27-11-12-28-13-14-29-15-16-30-17-18-32-21-7-3-4-9-31-21/h1-2,5-6,21H,3-4,7-18H2. The molecule has 1 fully saturated rings. The molecule has 1 aromatic rings. The number of rotatable bonds is 16. The third-order valence-corrected chi connectivity index (χ3v) is 5.12. The Labute approximate surface area is 188 Å². The maximum absolute atomic E-state index is 12.2. The Morgan fingerprint density at radius 3 is 1.81 bits per heavy atom. The van der Waals surface area contributed by atoms with E-state index in [4.69, 9.17) is 28.4 Å². The van der Waals surface area contributed by atoms with E-state index in [0.29, 0.717) is 64.0 Å². The van der Waals surface area contributed by atoms with Crippen LogP contribution >= 0.6 is 0 Å². The van der Waals surface area contributed by atoms with Crippen molar-refractivity contribution < 1.29 is 38.0 Å². The lowest BCUT2D eigenvalue weighted by molar-refractivity contribution is -0.169. The predicted molar refractivity (Wildman–Crippen MR) is 115 cm³/mol. The van der Waals surface area contributed by atoms with Gasteiger partial charge in [-0.1, -0.05) is 12.1 Å². The Kier molecular flexibility index (Phi) is 11.1. The molecule has 0 saturated carbocycles. The summed E-state index contributed by atoms with van der Waals surface area (Å²) >= 11 is 0. The molecule has 2 aliphatic heterocycles. The van der Waals surface area contributed by atoms with E-state index in [-0.39, 0.29) is 31.3 Å². The van der Waals surface area contributed by atoms with Crippen LogP contribution < -0.4 is 0 Å². The van der Waals surface area contributed by atoms with Gasteiger partial charge in [-0.3, -0.25) is 14.5 Å². The van der Waals surface area contributed by atoms with E-state index < -0.39 is 0 Å². The molecule has 178 valence electrons. The molecule has 0 bridgehead atoms. The smallest absolute Gasteiger partial charge is 0.261 e. The van der Waals surface area contributed by atoms with Crippen molar-refractivity contribution in [1.29, 1.82) is 0 Å². The summed E-state index contributed by atoms with van der Waals surface area (Å²) in [5.41, 5.74) is 0.905. The zero-order valence-corrected chi connectivity index (χ0v) is 18.5.